The Bertz CT molecular complexity index is 511. The number of benzene rings is 1. The van der Waals surface area contributed by atoms with Crippen molar-refractivity contribution in [3.63, 3.8) is 0 Å². The van der Waals surface area contributed by atoms with Crippen LogP contribution in [0.1, 0.15) is 40.0 Å². The summed E-state index contributed by atoms with van der Waals surface area (Å²) in [6.07, 6.45) is 2.23. The van der Waals surface area contributed by atoms with Crippen LogP contribution in [-0.4, -0.2) is 35.8 Å². The molecule has 1 aliphatic rings. The average molecular weight is 302 g/mol. The smallest absolute Gasteiger partial charge is 0.232 e. The zero-order valence-corrected chi connectivity index (χ0v) is 13.8. The Hall–Kier alpha value is -1.84. The minimum atomic E-state index is -0.215. The lowest BCUT2D eigenvalue weighted by molar-refractivity contribution is -0.130. The van der Waals surface area contributed by atoms with Crippen LogP contribution in [0.5, 0.6) is 0 Å². The first kappa shape index (κ1) is 16.5. The van der Waals surface area contributed by atoms with Crippen LogP contribution in [0.3, 0.4) is 0 Å². The van der Waals surface area contributed by atoms with Crippen LogP contribution in [-0.2, 0) is 9.59 Å². The van der Waals surface area contributed by atoms with Gasteiger partial charge in [-0.1, -0.05) is 32.0 Å². The van der Waals surface area contributed by atoms with Gasteiger partial charge in [0, 0.05) is 31.2 Å². The number of hydrogen-bond acceptors (Lipinski definition) is 2. The fourth-order valence-electron chi connectivity index (χ4n) is 3.27. The summed E-state index contributed by atoms with van der Waals surface area (Å²) in [4.78, 5) is 28.8. The van der Waals surface area contributed by atoms with Gasteiger partial charge >= 0.3 is 0 Å². The molecular formula is C18H26N2O2. The minimum Gasteiger partial charge on any atom is -0.339 e. The maximum absolute atomic E-state index is 12.8. The number of nitrogens with zero attached hydrogens (tertiary/aromatic N) is 2. The molecule has 2 rings (SSSR count). The van der Waals surface area contributed by atoms with Crippen LogP contribution in [0.2, 0.25) is 0 Å². The van der Waals surface area contributed by atoms with Crippen molar-refractivity contribution >= 4 is 17.5 Å². The summed E-state index contributed by atoms with van der Waals surface area (Å²) in [6.45, 7) is 7.35. The van der Waals surface area contributed by atoms with Gasteiger partial charge in [-0.05, 0) is 31.9 Å². The zero-order chi connectivity index (χ0) is 16.1. The molecule has 22 heavy (non-hydrogen) atoms. The van der Waals surface area contributed by atoms with E-state index in [1.54, 1.807) is 4.90 Å². The Morgan fingerprint density at radius 1 is 1.23 bits per heavy atom. The molecule has 0 aromatic heterocycles. The Labute approximate surface area is 133 Å². The van der Waals surface area contributed by atoms with Crippen LogP contribution in [0.4, 0.5) is 5.69 Å². The predicted octanol–water partition coefficient (Wildman–Crippen LogP) is 3.08. The molecule has 4 nitrogen and oxygen atoms in total. The molecule has 1 unspecified atom stereocenters. The third kappa shape index (κ3) is 3.32. The van der Waals surface area contributed by atoms with Gasteiger partial charge in [0.25, 0.3) is 0 Å². The molecule has 0 N–H and O–H groups in total. The normalized spacial score (nSPS) is 18.1. The van der Waals surface area contributed by atoms with E-state index < -0.39 is 0 Å². The van der Waals surface area contributed by atoms with Gasteiger partial charge in [-0.25, -0.2) is 0 Å². The van der Waals surface area contributed by atoms with E-state index in [0.717, 1.165) is 18.5 Å². The summed E-state index contributed by atoms with van der Waals surface area (Å²) < 4.78 is 0. The Balaban J connectivity index is 2.11. The number of rotatable bonds is 6. The maximum Gasteiger partial charge on any atom is 0.232 e. The van der Waals surface area contributed by atoms with Crippen molar-refractivity contribution in [2.75, 3.05) is 18.0 Å². The van der Waals surface area contributed by atoms with E-state index in [9.17, 15) is 9.59 Å². The SMILES string of the molecule is CCC(CC)N1CC(C(=O)N(CC)c2ccccc2)CC1=O. The third-order valence-electron chi connectivity index (χ3n) is 4.54. The van der Waals surface area contributed by atoms with E-state index in [0.29, 0.717) is 19.5 Å². The number of hydrogen-bond donors (Lipinski definition) is 0. The number of likely N-dealkylation sites (tertiary alicyclic amines) is 1. The van der Waals surface area contributed by atoms with Crippen LogP contribution < -0.4 is 4.90 Å². The molecule has 0 radical (unpaired) electrons. The highest BCUT2D eigenvalue weighted by molar-refractivity contribution is 5.99. The van der Waals surface area contributed by atoms with Gasteiger partial charge in [0.05, 0.1) is 5.92 Å². The summed E-state index contributed by atoms with van der Waals surface area (Å²) in [5.74, 6) is -0.0278. The van der Waals surface area contributed by atoms with Gasteiger partial charge in [0.1, 0.15) is 0 Å². The van der Waals surface area contributed by atoms with Crippen molar-refractivity contribution in [2.45, 2.75) is 46.1 Å². The molecule has 1 atom stereocenters. The van der Waals surface area contributed by atoms with E-state index in [-0.39, 0.29) is 23.8 Å². The molecule has 0 bridgehead atoms. The Morgan fingerprint density at radius 3 is 2.41 bits per heavy atom. The molecule has 4 heteroatoms. The molecule has 1 fully saturated rings. The minimum absolute atomic E-state index is 0.0653. The molecule has 1 aliphatic heterocycles. The first-order valence-electron chi connectivity index (χ1n) is 8.28. The molecule has 1 aromatic rings. The second-order valence-electron chi connectivity index (χ2n) is 5.84. The quantitative estimate of drug-likeness (QED) is 0.810. The molecule has 1 heterocycles. The molecular weight excluding hydrogens is 276 g/mol. The molecule has 0 saturated carbocycles. The number of para-hydroxylation sites is 1. The first-order valence-corrected chi connectivity index (χ1v) is 8.28. The van der Waals surface area contributed by atoms with Gasteiger partial charge in [-0.15, -0.1) is 0 Å². The number of anilines is 1. The summed E-state index contributed by atoms with van der Waals surface area (Å²) in [6, 6.07) is 9.95. The fourth-order valence-corrected chi connectivity index (χ4v) is 3.27. The number of carbonyl (C=O) groups excluding carboxylic acids is 2. The molecule has 2 amide bonds. The Morgan fingerprint density at radius 2 is 1.86 bits per heavy atom. The number of carbonyl (C=O) groups is 2. The third-order valence-corrected chi connectivity index (χ3v) is 4.54. The second-order valence-corrected chi connectivity index (χ2v) is 5.84. The van der Waals surface area contributed by atoms with Crippen LogP contribution in [0.15, 0.2) is 30.3 Å². The highest BCUT2D eigenvalue weighted by atomic mass is 16.2. The lowest BCUT2D eigenvalue weighted by Crippen LogP contribution is -2.39. The highest BCUT2D eigenvalue weighted by Crippen LogP contribution is 2.26. The van der Waals surface area contributed by atoms with E-state index in [2.05, 4.69) is 13.8 Å². The lowest BCUT2D eigenvalue weighted by atomic mass is 10.1. The molecule has 0 aliphatic carbocycles. The van der Waals surface area contributed by atoms with Crippen molar-refractivity contribution in [1.29, 1.82) is 0 Å². The number of amides is 2. The van der Waals surface area contributed by atoms with Crippen molar-refractivity contribution in [2.24, 2.45) is 5.92 Å². The molecule has 1 saturated heterocycles. The van der Waals surface area contributed by atoms with E-state index in [1.807, 2.05) is 42.2 Å². The van der Waals surface area contributed by atoms with Crippen LogP contribution in [0, 0.1) is 5.92 Å². The van der Waals surface area contributed by atoms with Gasteiger partial charge in [0.2, 0.25) is 11.8 Å². The second kappa shape index (κ2) is 7.43. The lowest BCUT2D eigenvalue weighted by Gasteiger charge is -2.27. The predicted molar refractivity (Wildman–Crippen MR) is 88.7 cm³/mol. The first-order chi connectivity index (χ1) is 10.6. The fraction of sp³-hybridized carbons (Fsp3) is 0.556. The van der Waals surface area contributed by atoms with Gasteiger partial charge in [-0.3, -0.25) is 9.59 Å². The molecule has 0 spiro atoms. The largest absolute Gasteiger partial charge is 0.339 e. The van der Waals surface area contributed by atoms with Crippen molar-refractivity contribution in [3.05, 3.63) is 30.3 Å². The summed E-state index contributed by atoms with van der Waals surface area (Å²) in [5, 5.41) is 0. The van der Waals surface area contributed by atoms with Crippen molar-refractivity contribution in [1.82, 2.24) is 4.90 Å². The average Bonchev–Trinajstić information content (AvgIpc) is 2.92. The van der Waals surface area contributed by atoms with Crippen LogP contribution >= 0.6 is 0 Å². The molecule has 1 aromatic carbocycles. The zero-order valence-electron chi connectivity index (χ0n) is 13.8. The summed E-state index contributed by atoms with van der Waals surface area (Å²) >= 11 is 0. The van der Waals surface area contributed by atoms with Crippen LogP contribution in [0.25, 0.3) is 0 Å². The Kier molecular flexibility index (Phi) is 5.58. The monoisotopic (exact) mass is 302 g/mol. The topological polar surface area (TPSA) is 40.6 Å². The maximum atomic E-state index is 12.8. The van der Waals surface area contributed by atoms with Gasteiger partial charge < -0.3 is 9.80 Å². The highest BCUT2D eigenvalue weighted by Gasteiger charge is 2.38. The van der Waals surface area contributed by atoms with Gasteiger partial charge in [-0.2, -0.15) is 0 Å². The van der Waals surface area contributed by atoms with Crippen molar-refractivity contribution < 1.29 is 9.59 Å². The summed E-state index contributed by atoms with van der Waals surface area (Å²) in [5.41, 5.74) is 0.906. The summed E-state index contributed by atoms with van der Waals surface area (Å²) in [7, 11) is 0. The van der Waals surface area contributed by atoms with Gasteiger partial charge in [0.15, 0.2) is 0 Å². The molecule has 120 valence electrons. The van der Waals surface area contributed by atoms with E-state index in [1.165, 1.54) is 0 Å². The van der Waals surface area contributed by atoms with E-state index in [4.69, 9.17) is 0 Å². The van der Waals surface area contributed by atoms with Crippen molar-refractivity contribution in [3.8, 4) is 0 Å². The van der Waals surface area contributed by atoms with E-state index >= 15 is 0 Å². The standard InChI is InChI=1S/C18H26N2O2/c1-4-15(5-2)20-13-14(12-17(20)21)18(22)19(6-3)16-10-8-7-9-11-16/h7-11,14-15H,4-6,12-13H2,1-3H3.